The number of hydrogen-bond donors (Lipinski definition) is 2. The standard InChI is InChI=1S/C24H24N2O4/c1-17-12-18(2)14-20(13-17)24(28)26-25-23(27)16-30-22-10-8-21(9-11-22)29-15-19-6-4-3-5-7-19/h3-14H,15-16H2,1-2H3,(H,25,27)(H,26,28). The van der Waals surface area contributed by atoms with E-state index >= 15 is 0 Å². The van der Waals surface area contributed by atoms with Gasteiger partial charge in [-0.15, -0.1) is 0 Å². The first-order valence-corrected chi connectivity index (χ1v) is 9.57. The molecular weight excluding hydrogens is 380 g/mol. The fraction of sp³-hybridized carbons (Fsp3) is 0.167. The zero-order chi connectivity index (χ0) is 21.3. The minimum absolute atomic E-state index is 0.225. The number of carbonyl (C=O) groups excluding carboxylic acids is 2. The molecule has 0 aromatic heterocycles. The van der Waals surface area contributed by atoms with Crippen LogP contribution < -0.4 is 20.3 Å². The van der Waals surface area contributed by atoms with Gasteiger partial charge in [-0.2, -0.15) is 0 Å². The van der Waals surface area contributed by atoms with E-state index in [1.807, 2.05) is 50.2 Å². The number of aryl methyl sites for hydroxylation is 2. The lowest BCUT2D eigenvalue weighted by Gasteiger charge is -2.10. The van der Waals surface area contributed by atoms with Crippen molar-refractivity contribution in [3.05, 3.63) is 95.1 Å². The molecule has 0 radical (unpaired) electrons. The van der Waals surface area contributed by atoms with E-state index in [1.54, 1.807) is 36.4 Å². The van der Waals surface area contributed by atoms with Gasteiger partial charge in [0.05, 0.1) is 0 Å². The maximum absolute atomic E-state index is 12.1. The van der Waals surface area contributed by atoms with Gasteiger partial charge in [0.1, 0.15) is 18.1 Å². The first kappa shape index (κ1) is 20.9. The Kier molecular flexibility index (Phi) is 7.05. The number of carbonyl (C=O) groups is 2. The normalized spacial score (nSPS) is 10.2. The highest BCUT2D eigenvalue weighted by Gasteiger charge is 2.09. The van der Waals surface area contributed by atoms with Crippen LogP contribution in [0.5, 0.6) is 11.5 Å². The molecule has 0 unspecified atom stereocenters. The molecule has 0 spiro atoms. The molecule has 0 bridgehead atoms. The molecule has 0 aliphatic heterocycles. The number of amides is 2. The second-order valence-electron chi connectivity index (χ2n) is 6.91. The monoisotopic (exact) mass is 404 g/mol. The Morgan fingerprint density at radius 2 is 1.37 bits per heavy atom. The number of benzene rings is 3. The van der Waals surface area contributed by atoms with Crippen molar-refractivity contribution in [2.24, 2.45) is 0 Å². The number of ether oxygens (including phenoxy) is 2. The molecular formula is C24H24N2O4. The zero-order valence-corrected chi connectivity index (χ0v) is 17.0. The van der Waals surface area contributed by atoms with Gasteiger partial charge in [0.2, 0.25) is 0 Å². The molecule has 0 heterocycles. The Morgan fingerprint density at radius 3 is 2.00 bits per heavy atom. The second-order valence-corrected chi connectivity index (χ2v) is 6.91. The first-order valence-electron chi connectivity index (χ1n) is 9.57. The molecule has 2 N–H and O–H groups in total. The van der Waals surface area contributed by atoms with Gasteiger partial charge in [-0.1, -0.05) is 47.5 Å². The number of nitrogens with one attached hydrogen (secondary N) is 2. The third-order valence-electron chi connectivity index (χ3n) is 4.24. The lowest BCUT2D eigenvalue weighted by atomic mass is 10.1. The number of hydrazine groups is 1. The van der Waals surface area contributed by atoms with Gasteiger partial charge in [0.15, 0.2) is 6.61 Å². The largest absolute Gasteiger partial charge is 0.489 e. The summed E-state index contributed by atoms with van der Waals surface area (Å²) in [5.74, 6) is 0.390. The molecule has 3 aromatic carbocycles. The van der Waals surface area contributed by atoms with Gasteiger partial charge in [0.25, 0.3) is 11.8 Å². The van der Waals surface area contributed by atoms with Gasteiger partial charge < -0.3 is 9.47 Å². The summed E-state index contributed by atoms with van der Waals surface area (Å²) < 4.78 is 11.2. The highest BCUT2D eigenvalue weighted by Crippen LogP contribution is 2.18. The van der Waals surface area contributed by atoms with Crippen molar-refractivity contribution < 1.29 is 19.1 Å². The maximum atomic E-state index is 12.1. The molecule has 6 nitrogen and oxygen atoms in total. The van der Waals surface area contributed by atoms with E-state index in [1.165, 1.54) is 0 Å². The molecule has 0 aliphatic rings. The fourth-order valence-electron chi connectivity index (χ4n) is 2.86. The Labute approximate surface area is 175 Å². The zero-order valence-electron chi connectivity index (χ0n) is 17.0. The molecule has 2 amide bonds. The van der Waals surface area contributed by atoms with Gasteiger partial charge in [-0.3, -0.25) is 20.4 Å². The summed E-state index contributed by atoms with van der Waals surface area (Å²) in [7, 11) is 0. The Balaban J connectivity index is 1.41. The minimum atomic E-state index is -0.461. The van der Waals surface area contributed by atoms with Gasteiger partial charge >= 0.3 is 0 Å². The van der Waals surface area contributed by atoms with Crippen LogP contribution >= 0.6 is 0 Å². The van der Waals surface area contributed by atoms with Crippen LogP contribution in [-0.4, -0.2) is 18.4 Å². The predicted molar refractivity (Wildman–Crippen MR) is 114 cm³/mol. The van der Waals surface area contributed by atoms with E-state index in [0.29, 0.717) is 23.7 Å². The average Bonchev–Trinajstić information content (AvgIpc) is 2.75. The molecule has 6 heteroatoms. The molecule has 3 aromatic rings. The lowest BCUT2D eigenvalue weighted by Crippen LogP contribution is -2.43. The Morgan fingerprint density at radius 1 is 0.767 bits per heavy atom. The summed E-state index contributed by atoms with van der Waals surface area (Å²) >= 11 is 0. The van der Waals surface area contributed by atoms with Crippen molar-refractivity contribution in [1.29, 1.82) is 0 Å². The lowest BCUT2D eigenvalue weighted by molar-refractivity contribution is -0.123. The van der Waals surface area contributed by atoms with E-state index in [2.05, 4.69) is 10.9 Å². The van der Waals surface area contributed by atoms with Crippen molar-refractivity contribution in [2.75, 3.05) is 6.61 Å². The smallest absolute Gasteiger partial charge is 0.276 e. The summed E-state index contributed by atoms with van der Waals surface area (Å²) in [5.41, 5.74) is 8.27. The second kappa shape index (κ2) is 10.1. The Bertz CT molecular complexity index is 981. The highest BCUT2D eigenvalue weighted by atomic mass is 16.5. The van der Waals surface area contributed by atoms with Crippen LogP contribution in [0.3, 0.4) is 0 Å². The average molecular weight is 404 g/mol. The van der Waals surface area contributed by atoms with Crippen LogP contribution in [0.1, 0.15) is 27.0 Å². The third-order valence-corrected chi connectivity index (χ3v) is 4.24. The maximum Gasteiger partial charge on any atom is 0.276 e. The quantitative estimate of drug-likeness (QED) is 0.589. The van der Waals surface area contributed by atoms with Crippen LogP contribution in [0.25, 0.3) is 0 Å². The van der Waals surface area contributed by atoms with Crippen LogP contribution in [0, 0.1) is 13.8 Å². The summed E-state index contributed by atoms with van der Waals surface area (Å²) in [6, 6.07) is 22.4. The van der Waals surface area contributed by atoms with Crippen LogP contribution in [0.15, 0.2) is 72.8 Å². The van der Waals surface area contributed by atoms with Crippen molar-refractivity contribution in [3.63, 3.8) is 0 Å². The van der Waals surface area contributed by atoms with Crippen molar-refractivity contribution in [3.8, 4) is 11.5 Å². The fourth-order valence-corrected chi connectivity index (χ4v) is 2.86. The van der Waals surface area contributed by atoms with E-state index in [0.717, 1.165) is 16.7 Å². The molecule has 0 atom stereocenters. The van der Waals surface area contributed by atoms with Crippen molar-refractivity contribution in [1.82, 2.24) is 10.9 Å². The van der Waals surface area contributed by atoms with E-state index in [-0.39, 0.29) is 12.5 Å². The van der Waals surface area contributed by atoms with Gasteiger partial charge in [-0.25, -0.2) is 0 Å². The molecule has 0 fully saturated rings. The molecule has 154 valence electrons. The first-order chi connectivity index (χ1) is 14.5. The molecule has 0 saturated heterocycles. The predicted octanol–water partition coefficient (Wildman–Crippen LogP) is 3.72. The minimum Gasteiger partial charge on any atom is -0.489 e. The van der Waals surface area contributed by atoms with Crippen LogP contribution in [0.2, 0.25) is 0 Å². The number of rotatable bonds is 7. The topological polar surface area (TPSA) is 76.7 Å². The highest BCUT2D eigenvalue weighted by molar-refractivity contribution is 5.95. The van der Waals surface area contributed by atoms with Gasteiger partial charge in [0, 0.05) is 5.56 Å². The third kappa shape index (κ3) is 6.38. The molecule has 3 rings (SSSR count). The SMILES string of the molecule is Cc1cc(C)cc(C(=O)NNC(=O)COc2ccc(OCc3ccccc3)cc2)c1. The molecule has 30 heavy (non-hydrogen) atoms. The summed E-state index contributed by atoms with van der Waals surface area (Å²) in [6.07, 6.45) is 0. The number of hydrogen-bond acceptors (Lipinski definition) is 4. The summed E-state index contributed by atoms with van der Waals surface area (Å²) in [5, 5.41) is 0. The van der Waals surface area contributed by atoms with E-state index in [9.17, 15) is 9.59 Å². The van der Waals surface area contributed by atoms with E-state index < -0.39 is 5.91 Å². The summed E-state index contributed by atoms with van der Waals surface area (Å²) in [4.78, 5) is 24.1. The molecule has 0 saturated carbocycles. The summed E-state index contributed by atoms with van der Waals surface area (Å²) in [6.45, 7) is 4.07. The van der Waals surface area contributed by atoms with E-state index in [4.69, 9.17) is 9.47 Å². The van der Waals surface area contributed by atoms with Crippen molar-refractivity contribution in [2.45, 2.75) is 20.5 Å². The van der Waals surface area contributed by atoms with Crippen LogP contribution in [-0.2, 0) is 11.4 Å². The molecule has 0 aliphatic carbocycles. The van der Waals surface area contributed by atoms with Gasteiger partial charge in [-0.05, 0) is 55.8 Å². The Hall–Kier alpha value is -3.80. The van der Waals surface area contributed by atoms with Crippen LogP contribution in [0.4, 0.5) is 0 Å². The van der Waals surface area contributed by atoms with Crippen molar-refractivity contribution >= 4 is 11.8 Å².